The summed E-state index contributed by atoms with van der Waals surface area (Å²) in [6.07, 6.45) is 2.99. The molecule has 0 aliphatic rings. The molecule has 0 radical (unpaired) electrons. The fourth-order valence-electron chi connectivity index (χ4n) is 2.15. The van der Waals surface area contributed by atoms with Crippen LogP contribution >= 0.6 is 11.6 Å². The van der Waals surface area contributed by atoms with Gasteiger partial charge in [-0.3, -0.25) is 9.78 Å². The van der Waals surface area contributed by atoms with Crippen LogP contribution in [0, 0.1) is 6.92 Å². The number of hydrogen-bond donors (Lipinski definition) is 2. The molecule has 0 aliphatic heterocycles. The minimum absolute atomic E-state index is 0.161. The molecule has 7 heteroatoms. The van der Waals surface area contributed by atoms with Crippen molar-refractivity contribution in [2.45, 2.75) is 6.92 Å². The van der Waals surface area contributed by atoms with Crippen LogP contribution in [-0.4, -0.2) is 21.0 Å². The number of amides is 1. The molecule has 3 rings (SSSR count). The van der Waals surface area contributed by atoms with Crippen LogP contribution in [0.2, 0.25) is 5.02 Å². The van der Waals surface area contributed by atoms with Crippen LogP contribution in [0.25, 0.3) is 10.9 Å². The van der Waals surface area contributed by atoms with E-state index in [1.54, 1.807) is 12.1 Å². The van der Waals surface area contributed by atoms with E-state index in [9.17, 15) is 9.90 Å². The van der Waals surface area contributed by atoms with Crippen LogP contribution in [0.4, 0.5) is 5.69 Å². The van der Waals surface area contributed by atoms with Gasteiger partial charge in [-0.05, 0) is 36.8 Å². The monoisotopic (exact) mass is 314 g/mol. The SMILES string of the molecule is Cc1cc(Cl)cc2c(N=NC(=O)c3ccncc3)c(O)[nH]c12. The standard InChI is InChI=1S/C15H11ClN4O2/c1-8-6-10(16)7-11-12(8)18-15(22)13(11)19-20-14(21)9-2-4-17-5-3-9/h2-7,18,22H,1H3. The van der Waals surface area contributed by atoms with Gasteiger partial charge in [-0.2, -0.15) is 0 Å². The van der Waals surface area contributed by atoms with Crippen LogP contribution in [0.1, 0.15) is 15.9 Å². The fourth-order valence-corrected chi connectivity index (χ4v) is 2.42. The second kappa shape index (κ2) is 5.57. The lowest BCUT2D eigenvalue weighted by atomic mass is 10.1. The number of rotatable bonds is 2. The molecular weight excluding hydrogens is 304 g/mol. The predicted molar refractivity (Wildman–Crippen MR) is 82.8 cm³/mol. The Morgan fingerprint density at radius 3 is 2.77 bits per heavy atom. The van der Waals surface area contributed by atoms with Crippen molar-refractivity contribution in [3.05, 3.63) is 52.8 Å². The number of carbonyl (C=O) groups excluding carboxylic acids is 1. The zero-order valence-electron chi connectivity index (χ0n) is 11.5. The topological polar surface area (TPSA) is 90.7 Å². The van der Waals surface area contributed by atoms with Gasteiger partial charge in [0.15, 0.2) is 5.69 Å². The minimum Gasteiger partial charge on any atom is -0.493 e. The van der Waals surface area contributed by atoms with Crippen molar-refractivity contribution >= 4 is 34.1 Å². The summed E-state index contributed by atoms with van der Waals surface area (Å²) in [5.41, 5.74) is 2.11. The number of carbonyl (C=O) groups is 1. The Kier molecular flexibility index (Phi) is 3.60. The van der Waals surface area contributed by atoms with Gasteiger partial charge in [0.2, 0.25) is 5.88 Å². The first-order chi connectivity index (χ1) is 10.6. The molecule has 0 aliphatic carbocycles. The van der Waals surface area contributed by atoms with E-state index < -0.39 is 5.91 Å². The third-order valence-corrected chi connectivity index (χ3v) is 3.41. The van der Waals surface area contributed by atoms with Gasteiger partial charge in [0, 0.05) is 28.4 Å². The lowest BCUT2D eigenvalue weighted by Crippen LogP contribution is -1.92. The van der Waals surface area contributed by atoms with Gasteiger partial charge < -0.3 is 10.1 Å². The van der Waals surface area contributed by atoms with Crippen molar-refractivity contribution in [1.82, 2.24) is 9.97 Å². The lowest BCUT2D eigenvalue weighted by molar-refractivity contribution is 0.0995. The molecule has 2 heterocycles. The Morgan fingerprint density at radius 1 is 1.32 bits per heavy atom. The summed E-state index contributed by atoms with van der Waals surface area (Å²) in [4.78, 5) is 18.6. The summed E-state index contributed by atoms with van der Waals surface area (Å²) in [7, 11) is 0. The Bertz CT molecular complexity index is 887. The van der Waals surface area contributed by atoms with E-state index in [1.165, 1.54) is 24.5 Å². The molecule has 110 valence electrons. The van der Waals surface area contributed by atoms with Crippen molar-refractivity contribution in [1.29, 1.82) is 0 Å². The van der Waals surface area contributed by atoms with Crippen molar-refractivity contribution in [2.75, 3.05) is 0 Å². The van der Waals surface area contributed by atoms with Crippen molar-refractivity contribution in [3.8, 4) is 5.88 Å². The molecule has 2 aromatic heterocycles. The number of H-pyrrole nitrogens is 1. The maximum Gasteiger partial charge on any atom is 0.295 e. The molecule has 0 unspecified atom stereocenters. The molecule has 22 heavy (non-hydrogen) atoms. The average Bonchev–Trinajstić information content (AvgIpc) is 2.82. The summed E-state index contributed by atoms with van der Waals surface area (Å²) in [6.45, 7) is 1.85. The second-order valence-corrected chi connectivity index (χ2v) is 5.14. The quantitative estimate of drug-likeness (QED) is 0.696. The number of fused-ring (bicyclic) bond motifs is 1. The molecule has 2 N–H and O–H groups in total. The van der Waals surface area contributed by atoms with Crippen LogP contribution < -0.4 is 0 Å². The number of hydrogen-bond acceptors (Lipinski definition) is 4. The Morgan fingerprint density at radius 2 is 2.05 bits per heavy atom. The van der Waals surface area contributed by atoms with Crippen LogP contribution in [0.5, 0.6) is 5.88 Å². The maximum absolute atomic E-state index is 11.9. The predicted octanol–water partition coefficient (Wildman–Crippen LogP) is 4.15. The van der Waals surface area contributed by atoms with Crippen molar-refractivity contribution < 1.29 is 9.90 Å². The molecule has 1 aromatic carbocycles. The minimum atomic E-state index is -0.519. The van der Waals surface area contributed by atoms with E-state index in [2.05, 4.69) is 20.2 Å². The largest absolute Gasteiger partial charge is 0.493 e. The molecular formula is C15H11ClN4O2. The van der Waals surface area contributed by atoms with Gasteiger partial charge >= 0.3 is 0 Å². The number of aromatic nitrogens is 2. The summed E-state index contributed by atoms with van der Waals surface area (Å²) in [5.74, 6) is -0.679. The highest BCUT2D eigenvalue weighted by Gasteiger charge is 2.14. The first kappa shape index (κ1) is 14.2. The van der Waals surface area contributed by atoms with Crippen LogP contribution in [-0.2, 0) is 0 Å². The highest BCUT2D eigenvalue weighted by molar-refractivity contribution is 6.31. The van der Waals surface area contributed by atoms with E-state index in [4.69, 9.17) is 11.6 Å². The van der Waals surface area contributed by atoms with E-state index >= 15 is 0 Å². The number of halogens is 1. The third-order valence-electron chi connectivity index (χ3n) is 3.19. The van der Waals surface area contributed by atoms with Gasteiger partial charge in [0.05, 0.1) is 5.52 Å². The lowest BCUT2D eigenvalue weighted by Gasteiger charge is -1.97. The van der Waals surface area contributed by atoms with E-state index in [1.807, 2.05) is 6.92 Å². The number of aromatic hydroxyl groups is 1. The van der Waals surface area contributed by atoms with Gasteiger partial charge in [0.25, 0.3) is 5.91 Å². The molecule has 0 bridgehead atoms. The maximum atomic E-state index is 11.9. The van der Waals surface area contributed by atoms with Crippen molar-refractivity contribution in [3.63, 3.8) is 0 Å². The van der Waals surface area contributed by atoms with Crippen LogP contribution in [0.15, 0.2) is 46.9 Å². The smallest absolute Gasteiger partial charge is 0.295 e. The first-order valence-corrected chi connectivity index (χ1v) is 6.81. The molecule has 0 saturated heterocycles. The number of nitrogens with one attached hydrogen (secondary N) is 1. The Labute approximate surface area is 130 Å². The number of pyridine rings is 1. The molecule has 0 atom stereocenters. The van der Waals surface area contributed by atoms with Gasteiger partial charge in [0.1, 0.15) is 0 Å². The number of aromatic amines is 1. The summed E-state index contributed by atoms with van der Waals surface area (Å²) in [5, 5.41) is 18.6. The fraction of sp³-hybridized carbons (Fsp3) is 0.0667. The highest BCUT2D eigenvalue weighted by Crippen LogP contribution is 2.38. The van der Waals surface area contributed by atoms with Gasteiger partial charge in [-0.15, -0.1) is 10.2 Å². The molecule has 1 amide bonds. The van der Waals surface area contributed by atoms with Gasteiger partial charge in [-0.1, -0.05) is 11.6 Å². The molecule has 0 saturated carbocycles. The normalized spacial score (nSPS) is 11.4. The van der Waals surface area contributed by atoms with E-state index in [0.29, 0.717) is 21.5 Å². The Hall–Kier alpha value is -2.73. The number of benzene rings is 1. The van der Waals surface area contributed by atoms with E-state index in [0.717, 1.165) is 5.56 Å². The molecule has 0 fully saturated rings. The number of nitrogens with zero attached hydrogens (tertiary/aromatic N) is 3. The molecule has 6 nitrogen and oxygen atoms in total. The summed E-state index contributed by atoms with van der Waals surface area (Å²) in [6, 6.07) is 6.50. The van der Waals surface area contributed by atoms with Crippen molar-refractivity contribution in [2.24, 2.45) is 10.2 Å². The zero-order valence-corrected chi connectivity index (χ0v) is 12.3. The second-order valence-electron chi connectivity index (χ2n) is 4.71. The molecule has 3 aromatic rings. The zero-order chi connectivity index (χ0) is 15.7. The van der Waals surface area contributed by atoms with Crippen LogP contribution in [0.3, 0.4) is 0 Å². The Balaban J connectivity index is 2.02. The molecule has 0 spiro atoms. The highest BCUT2D eigenvalue weighted by atomic mass is 35.5. The number of azo groups is 1. The summed E-state index contributed by atoms with van der Waals surface area (Å²) < 4.78 is 0. The third kappa shape index (κ3) is 2.56. The summed E-state index contributed by atoms with van der Waals surface area (Å²) >= 11 is 6.02. The van der Waals surface area contributed by atoms with Gasteiger partial charge in [-0.25, -0.2) is 0 Å². The van der Waals surface area contributed by atoms with E-state index in [-0.39, 0.29) is 11.6 Å². The first-order valence-electron chi connectivity index (χ1n) is 6.43. The number of aryl methyl sites for hydroxylation is 1. The average molecular weight is 315 g/mol.